The lowest BCUT2D eigenvalue weighted by Gasteiger charge is -2.27. The van der Waals surface area contributed by atoms with E-state index in [1.54, 1.807) is 11.3 Å². The van der Waals surface area contributed by atoms with Gasteiger partial charge in [0.05, 0.1) is 5.92 Å². The number of esters is 1. The van der Waals surface area contributed by atoms with Gasteiger partial charge >= 0.3 is 5.97 Å². The summed E-state index contributed by atoms with van der Waals surface area (Å²) in [4.78, 5) is 12.8. The Kier molecular flexibility index (Phi) is 12.1. The van der Waals surface area contributed by atoms with Gasteiger partial charge in [-0.05, 0) is 87.5 Å². The van der Waals surface area contributed by atoms with Crippen LogP contribution in [0.25, 0.3) is 10.6 Å². The van der Waals surface area contributed by atoms with Crippen molar-refractivity contribution in [3.05, 3.63) is 29.3 Å². The number of nitrogens with zero attached hydrogens (tertiary/aromatic N) is 2. The molecule has 2 aliphatic rings. The van der Waals surface area contributed by atoms with Crippen LogP contribution in [0.5, 0.6) is 5.75 Å². The van der Waals surface area contributed by atoms with Crippen LogP contribution in [0.1, 0.15) is 140 Å². The highest BCUT2D eigenvalue weighted by Gasteiger charge is 2.28. The fraction of sp³-hybridized carbons (Fsp3) is 0.727. The van der Waals surface area contributed by atoms with Gasteiger partial charge in [-0.3, -0.25) is 4.79 Å². The quantitative estimate of drug-likeness (QED) is 0.136. The van der Waals surface area contributed by atoms with Crippen molar-refractivity contribution in [2.24, 2.45) is 17.8 Å². The molecule has 1 aromatic carbocycles. The first-order valence-electron chi connectivity index (χ1n) is 15.8. The highest BCUT2D eigenvalue weighted by Crippen LogP contribution is 2.40. The molecule has 210 valence electrons. The zero-order valence-electron chi connectivity index (χ0n) is 24.0. The predicted molar refractivity (Wildman–Crippen MR) is 159 cm³/mol. The number of unbranched alkanes of at least 4 members (excludes halogenated alkanes) is 6. The molecule has 5 heteroatoms. The minimum Gasteiger partial charge on any atom is -0.426 e. The molecule has 0 atom stereocenters. The summed E-state index contributed by atoms with van der Waals surface area (Å²) in [6, 6.07) is 7.87. The number of carbonyl (C=O) groups is 1. The third-order valence-electron chi connectivity index (χ3n) is 9.07. The van der Waals surface area contributed by atoms with E-state index >= 15 is 0 Å². The molecule has 2 aromatic rings. The van der Waals surface area contributed by atoms with Gasteiger partial charge < -0.3 is 4.74 Å². The number of hydrogen-bond acceptors (Lipinski definition) is 5. The van der Waals surface area contributed by atoms with Crippen molar-refractivity contribution in [2.45, 2.75) is 135 Å². The maximum Gasteiger partial charge on any atom is 0.314 e. The molecule has 0 N–H and O–H groups in total. The number of carbonyl (C=O) groups excluding carboxylic acids is 1. The second-order valence-corrected chi connectivity index (χ2v) is 13.0. The van der Waals surface area contributed by atoms with E-state index in [4.69, 9.17) is 4.74 Å². The number of ether oxygens (including phenoxy) is 1. The van der Waals surface area contributed by atoms with Gasteiger partial charge in [-0.15, -0.1) is 10.2 Å². The molecule has 0 spiro atoms. The Balaban J connectivity index is 1.19. The molecule has 0 aliphatic heterocycles. The SMILES string of the molecule is CCCCCCC1CCC(C(=O)Oc2ccc(-c3nnc(C4CCC(CCCCCC)CC4)s3)cc2)CC1. The van der Waals surface area contributed by atoms with Crippen molar-refractivity contribution >= 4 is 17.3 Å². The first kappa shape index (κ1) is 29.2. The standard InChI is InChI=1S/C33H50N2O2S/c1-3-5-7-9-11-25-13-17-27(18-14-25)31-34-35-32(38-31)28-21-23-30(24-22-28)37-33(36)29-19-15-26(16-20-29)12-10-8-6-4-2/h21-27,29H,3-20H2,1-2H3. The van der Waals surface area contributed by atoms with Gasteiger partial charge in [0.15, 0.2) is 0 Å². The fourth-order valence-corrected chi connectivity index (χ4v) is 7.50. The van der Waals surface area contributed by atoms with Crippen molar-refractivity contribution in [3.63, 3.8) is 0 Å². The first-order valence-corrected chi connectivity index (χ1v) is 16.6. The summed E-state index contributed by atoms with van der Waals surface area (Å²) in [7, 11) is 0. The van der Waals surface area contributed by atoms with Crippen molar-refractivity contribution in [1.29, 1.82) is 0 Å². The first-order chi connectivity index (χ1) is 18.7. The van der Waals surface area contributed by atoms with Gasteiger partial charge in [-0.1, -0.05) is 89.4 Å². The van der Waals surface area contributed by atoms with Crippen LogP contribution in [0.4, 0.5) is 0 Å². The maximum atomic E-state index is 12.8. The van der Waals surface area contributed by atoms with Crippen LogP contribution in [0, 0.1) is 17.8 Å². The molecule has 1 aromatic heterocycles. The van der Waals surface area contributed by atoms with Crippen molar-refractivity contribution in [3.8, 4) is 16.3 Å². The minimum absolute atomic E-state index is 0.0543. The third kappa shape index (κ3) is 8.89. The van der Waals surface area contributed by atoms with E-state index in [9.17, 15) is 4.79 Å². The van der Waals surface area contributed by atoms with E-state index in [1.165, 1.54) is 108 Å². The highest BCUT2D eigenvalue weighted by molar-refractivity contribution is 7.14. The zero-order chi connectivity index (χ0) is 26.6. The molecular formula is C33H50N2O2S. The molecule has 2 aliphatic carbocycles. The molecule has 4 rings (SSSR count). The lowest BCUT2D eigenvalue weighted by atomic mass is 9.80. The number of benzene rings is 1. The Morgan fingerprint density at radius 3 is 1.92 bits per heavy atom. The van der Waals surface area contributed by atoms with Crippen molar-refractivity contribution < 1.29 is 9.53 Å². The average molecular weight is 539 g/mol. The predicted octanol–water partition coefficient (Wildman–Crippen LogP) is 10.1. The Morgan fingerprint density at radius 2 is 1.34 bits per heavy atom. The molecule has 0 unspecified atom stereocenters. The van der Waals surface area contributed by atoms with Crippen molar-refractivity contribution in [1.82, 2.24) is 10.2 Å². The van der Waals surface area contributed by atoms with Gasteiger partial charge in [0, 0.05) is 11.5 Å². The van der Waals surface area contributed by atoms with Gasteiger partial charge in [-0.25, -0.2) is 0 Å². The smallest absolute Gasteiger partial charge is 0.314 e. The number of rotatable bonds is 14. The molecule has 1 heterocycles. The molecule has 0 bridgehead atoms. The van der Waals surface area contributed by atoms with Crippen LogP contribution in [0.2, 0.25) is 0 Å². The lowest BCUT2D eigenvalue weighted by molar-refractivity contribution is -0.140. The Hall–Kier alpha value is -1.75. The van der Waals surface area contributed by atoms with Crippen LogP contribution in [-0.2, 0) is 4.79 Å². The summed E-state index contributed by atoms with van der Waals surface area (Å²) in [6.45, 7) is 4.55. The van der Waals surface area contributed by atoms with Gasteiger partial charge in [0.2, 0.25) is 0 Å². The van der Waals surface area contributed by atoms with Gasteiger partial charge in [0.25, 0.3) is 0 Å². The third-order valence-corrected chi connectivity index (χ3v) is 10.2. The van der Waals surface area contributed by atoms with E-state index in [-0.39, 0.29) is 11.9 Å². The molecule has 2 fully saturated rings. The van der Waals surface area contributed by atoms with Crippen LogP contribution in [0.3, 0.4) is 0 Å². The zero-order valence-corrected chi connectivity index (χ0v) is 24.8. The summed E-state index contributed by atoms with van der Waals surface area (Å²) in [5.41, 5.74) is 1.06. The molecule has 2 saturated carbocycles. The summed E-state index contributed by atoms with van der Waals surface area (Å²) >= 11 is 1.74. The van der Waals surface area contributed by atoms with E-state index in [0.29, 0.717) is 11.7 Å². The van der Waals surface area contributed by atoms with Crippen LogP contribution in [-0.4, -0.2) is 16.2 Å². The van der Waals surface area contributed by atoms with Crippen LogP contribution in [0.15, 0.2) is 24.3 Å². The van der Waals surface area contributed by atoms with Crippen LogP contribution < -0.4 is 4.74 Å². The Bertz CT molecular complexity index is 940. The van der Waals surface area contributed by atoms with Gasteiger partial charge in [0.1, 0.15) is 15.8 Å². The van der Waals surface area contributed by atoms with Crippen molar-refractivity contribution in [2.75, 3.05) is 0 Å². The second kappa shape index (κ2) is 15.7. The Morgan fingerprint density at radius 1 is 0.763 bits per heavy atom. The molecule has 0 radical (unpaired) electrons. The largest absolute Gasteiger partial charge is 0.426 e. The maximum absolute atomic E-state index is 12.8. The average Bonchev–Trinajstić information content (AvgIpc) is 3.45. The van der Waals surface area contributed by atoms with Gasteiger partial charge in [-0.2, -0.15) is 0 Å². The highest BCUT2D eigenvalue weighted by atomic mass is 32.1. The second-order valence-electron chi connectivity index (χ2n) is 12.0. The molecule has 38 heavy (non-hydrogen) atoms. The summed E-state index contributed by atoms with van der Waals surface area (Å²) in [5, 5.41) is 11.3. The molecule has 0 amide bonds. The molecule has 4 nitrogen and oxygen atoms in total. The van der Waals surface area contributed by atoms with E-state index in [2.05, 4.69) is 24.0 Å². The Labute approximate surface area is 235 Å². The molecule has 0 saturated heterocycles. The topological polar surface area (TPSA) is 52.1 Å². The number of hydrogen-bond donors (Lipinski definition) is 0. The summed E-state index contributed by atoms with van der Waals surface area (Å²) in [5.74, 6) is 2.93. The summed E-state index contributed by atoms with van der Waals surface area (Å²) in [6.07, 6.45) is 23.1. The number of aromatic nitrogens is 2. The van der Waals surface area contributed by atoms with E-state index in [1.807, 2.05) is 24.3 Å². The summed E-state index contributed by atoms with van der Waals surface area (Å²) < 4.78 is 5.77. The van der Waals surface area contributed by atoms with E-state index in [0.717, 1.165) is 35.2 Å². The minimum atomic E-state index is -0.0543. The van der Waals surface area contributed by atoms with E-state index < -0.39 is 0 Å². The lowest BCUT2D eigenvalue weighted by Crippen LogP contribution is -2.25. The monoisotopic (exact) mass is 538 g/mol. The normalized spacial score (nSPS) is 23.8. The van der Waals surface area contributed by atoms with Crippen LogP contribution >= 0.6 is 11.3 Å². The fourth-order valence-electron chi connectivity index (χ4n) is 6.49. The molecular weight excluding hydrogens is 488 g/mol.